The first-order valence-corrected chi connectivity index (χ1v) is 5.86. The Morgan fingerprint density at radius 1 is 1.47 bits per heavy atom. The lowest BCUT2D eigenvalue weighted by molar-refractivity contribution is 0.249. The molecule has 1 aromatic heterocycles. The van der Waals surface area contributed by atoms with E-state index < -0.39 is 6.03 Å². The monoisotopic (exact) mass is 277 g/mol. The quantitative estimate of drug-likeness (QED) is 0.662. The summed E-state index contributed by atoms with van der Waals surface area (Å²) < 4.78 is 1.60. The lowest BCUT2D eigenvalue weighted by atomic mass is 10.3. The molecule has 0 atom stereocenters. The van der Waals surface area contributed by atoms with Gasteiger partial charge in [-0.15, -0.1) is 0 Å². The molecule has 0 fully saturated rings. The highest BCUT2D eigenvalue weighted by molar-refractivity contribution is 6.32. The number of rotatable bonds is 3. The topological polar surface area (TPSA) is 85.3 Å². The minimum absolute atomic E-state index is 0.415. The standard InChI is InChI=1S/C12H12ClN5O/c1-8-10(7-15-16-12(14)19)11(13)18(17-8)9-5-3-2-4-6-9/h2-7H,1H3,(H3,14,16,19)/b15-7+. The average Bonchev–Trinajstić information content (AvgIpc) is 2.67. The van der Waals surface area contributed by atoms with Crippen LogP contribution in [0.15, 0.2) is 35.4 Å². The number of primary amides is 1. The second-order valence-electron chi connectivity index (χ2n) is 3.77. The smallest absolute Gasteiger partial charge is 0.332 e. The van der Waals surface area contributed by atoms with Crippen molar-refractivity contribution in [3.8, 4) is 5.69 Å². The van der Waals surface area contributed by atoms with Crippen LogP contribution in [0.25, 0.3) is 5.69 Å². The number of aryl methyl sites for hydroxylation is 1. The van der Waals surface area contributed by atoms with Crippen LogP contribution in [0.1, 0.15) is 11.3 Å². The van der Waals surface area contributed by atoms with Gasteiger partial charge >= 0.3 is 6.03 Å². The third-order valence-corrected chi connectivity index (χ3v) is 2.78. The van der Waals surface area contributed by atoms with E-state index in [-0.39, 0.29) is 0 Å². The van der Waals surface area contributed by atoms with E-state index in [0.29, 0.717) is 16.4 Å². The van der Waals surface area contributed by atoms with Crippen LogP contribution in [0.3, 0.4) is 0 Å². The number of halogens is 1. The molecule has 2 amide bonds. The number of amides is 2. The molecule has 0 aliphatic heterocycles. The van der Waals surface area contributed by atoms with Gasteiger partial charge in [0.25, 0.3) is 0 Å². The van der Waals surface area contributed by atoms with E-state index in [1.54, 1.807) is 11.6 Å². The van der Waals surface area contributed by atoms with Gasteiger partial charge < -0.3 is 5.73 Å². The molecule has 0 unspecified atom stereocenters. The highest BCUT2D eigenvalue weighted by Gasteiger charge is 2.12. The Balaban J connectivity index is 2.35. The second-order valence-corrected chi connectivity index (χ2v) is 4.13. The molecule has 1 aromatic carbocycles. The fraction of sp³-hybridized carbons (Fsp3) is 0.0833. The van der Waals surface area contributed by atoms with Crippen LogP contribution >= 0.6 is 11.6 Å². The molecule has 6 nitrogen and oxygen atoms in total. The first-order valence-electron chi connectivity index (χ1n) is 5.48. The normalized spacial score (nSPS) is 10.8. The van der Waals surface area contributed by atoms with Gasteiger partial charge in [-0.1, -0.05) is 29.8 Å². The first kappa shape index (κ1) is 13.1. The van der Waals surface area contributed by atoms with Crippen molar-refractivity contribution in [3.05, 3.63) is 46.7 Å². The van der Waals surface area contributed by atoms with Crippen LogP contribution in [0.5, 0.6) is 0 Å². The van der Waals surface area contributed by atoms with Crippen LogP contribution in [-0.2, 0) is 0 Å². The predicted molar refractivity (Wildman–Crippen MR) is 73.6 cm³/mol. The number of nitrogens with zero attached hydrogens (tertiary/aromatic N) is 3. The Hall–Kier alpha value is -2.34. The summed E-state index contributed by atoms with van der Waals surface area (Å²) in [6.07, 6.45) is 1.41. The summed E-state index contributed by atoms with van der Waals surface area (Å²) in [5, 5.41) is 8.43. The minimum atomic E-state index is -0.736. The molecule has 19 heavy (non-hydrogen) atoms. The highest BCUT2D eigenvalue weighted by atomic mass is 35.5. The zero-order valence-electron chi connectivity index (χ0n) is 10.2. The van der Waals surface area contributed by atoms with Gasteiger partial charge in [0.15, 0.2) is 0 Å². The van der Waals surface area contributed by atoms with Crippen LogP contribution in [0.4, 0.5) is 4.79 Å². The van der Waals surface area contributed by atoms with Gasteiger partial charge in [-0.2, -0.15) is 10.2 Å². The number of nitrogens with one attached hydrogen (secondary N) is 1. The van der Waals surface area contributed by atoms with Gasteiger partial charge in [0.2, 0.25) is 0 Å². The molecule has 0 spiro atoms. The molecule has 0 radical (unpaired) electrons. The maximum Gasteiger partial charge on any atom is 0.332 e. The fourth-order valence-electron chi connectivity index (χ4n) is 1.56. The maximum atomic E-state index is 10.5. The van der Waals surface area contributed by atoms with Crippen LogP contribution in [-0.4, -0.2) is 22.0 Å². The molecule has 0 aliphatic carbocycles. The van der Waals surface area contributed by atoms with Crippen molar-refractivity contribution in [2.45, 2.75) is 6.92 Å². The zero-order chi connectivity index (χ0) is 13.8. The van der Waals surface area contributed by atoms with E-state index in [9.17, 15) is 4.79 Å². The number of benzene rings is 1. The van der Waals surface area contributed by atoms with E-state index in [1.165, 1.54) is 6.21 Å². The number of aromatic nitrogens is 2. The summed E-state index contributed by atoms with van der Waals surface area (Å²) in [4.78, 5) is 10.5. The first-order chi connectivity index (χ1) is 9.09. The number of hydrazone groups is 1. The van der Waals surface area contributed by atoms with E-state index in [1.807, 2.05) is 30.3 Å². The fourth-order valence-corrected chi connectivity index (χ4v) is 1.88. The number of carbonyl (C=O) groups excluding carboxylic acids is 1. The molecule has 3 N–H and O–H groups in total. The van der Waals surface area contributed by atoms with Gasteiger partial charge in [0.05, 0.1) is 23.2 Å². The summed E-state index contributed by atoms with van der Waals surface area (Å²) in [7, 11) is 0. The van der Waals surface area contributed by atoms with Crippen LogP contribution < -0.4 is 11.2 Å². The van der Waals surface area contributed by atoms with Crippen LogP contribution in [0, 0.1) is 6.92 Å². The summed E-state index contributed by atoms with van der Waals surface area (Å²) in [6, 6.07) is 8.74. The number of hydrogen-bond acceptors (Lipinski definition) is 3. The predicted octanol–water partition coefficient (Wildman–Crippen LogP) is 1.84. The number of para-hydroxylation sites is 1. The summed E-state index contributed by atoms with van der Waals surface area (Å²) in [5.41, 5.74) is 9.19. The number of hydrogen-bond donors (Lipinski definition) is 2. The Labute approximate surface area is 114 Å². The lowest BCUT2D eigenvalue weighted by Crippen LogP contribution is -2.24. The van der Waals surface area contributed by atoms with Gasteiger partial charge in [-0.25, -0.2) is 14.9 Å². The summed E-state index contributed by atoms with van der Waals surface area (Å²) >= 11 is 6.24. The van der Waals surface area contributed by atoms with E-state index in [2.05, 4.69) is 15.6 Å². The van der Waals surface area contributed by atoms with Crippen LogP contribution in [0.2, 0.25) is 5.15 Å². The molecule has 2 aromatic rings. The number of urea groups is 1. The van der Waals surface area contributed by atoms with Crippen molar-refractivity contribution in [2.24, 2.45) is 10.8 Å². The molecule has 2 rings (SSSR count). The van der Waals surface area contributed by atoms with Gasteiger partial charge in [0, 0.05) is 0 Å². The van der Waals surface area contributed by atoms with Crippen molar-refractivity contribution in [1.82, 2.24) is 15.2 Å². The lowest BCUT2D eigenvalue weighted by Gasteiger charge is -2.01. The van der Waals surface area contributed by atoms with E-state index >= 15 is 0 Å². The molecular formula is C12H12ClN5O. The summed E-state index contributed by atoms with van der Waals surface area (Å²) in [6.45, 7) is 1.80. The highest BCUT2D eigenvalue weighted by Crippen LogP contribution is 2.21. The Morgan fingerprint density at radius 2 is 2.16 bits per heavy atom. The van der Waals surface area contributed by atoms with Gasteiger partial charge in [-0.3, -0.25) is 0 Å². The van der Waals surface area contributed by atoms with Gasteiger partial charge in [-0.05, 0) is 19.1 Å². The molecule has 7 heteroatoms. The van der Waals surface area contributed by atoms with Crippen molar-refractivity contribution >= 4 is 23.8 Å². The van der Waals surface area contributed by atoms with E-state index in [0.717, 1.165) is 5.69 Å². The third kappa shape index (κ3) is 2.92. The Kier molecular flexibility index (Phi) is 3.82. The van der Waals surface area contributed by atoms with Gasteiger partial charge in [0.1, 0.15) is 5.15 Å². The average molecular weight is 278 g/mol. The Morgan fingerprint density at radius 3 is 2.79 bits per heavy atom. The third-order valence-electron chi connectivity index (χ3n) is 2.42. The number of nitrogens with two attached hydrogens (primary N) is 1. The molecule has 1 heterocycles. The molecule has 0 bridgehead atoms. The van der Waals surface area contributed by atoms with Crippen molar-refractivity contribution in [1.29, 1.82) is 0 Å². The molecular weight excluding hydrogens is 266 g/mol. The molecule has 0 aliphatic rings. The molecule has 98 valence electrons. The Bertz CT molecular complexity index is 621. The second kappa shape index (κ2) is 5.53. The molecule has 0 saturated carbocycles. The van der Waals surface area contributed by atoms with E-state index in [4.69, 9.17) is 17.3 Å². The van der Waals surface area contributed by atoms with Crippen molar-refractivity contribution < 1.29 is 4.79 Å². The maximum absolute atomic E-state index is 10.5. The SMILES string of the molecule is Cc1nn(-c2ccccc2)c(Cl)c1/C=N/NC(N)=O. The zero-order valence-corrected chi connectivity index (χ0v) is 10.9. The number of carbonyl (C=O) groups is 1. The minimum Gasteiger partial charge on any atom is -0.350 e. The van der Waals surface area contributed by atoms with Crippen molar-refractivity contribution in [2.75, 3.05) is 0 Å². The molecule has 0 saturated heterocycles. The summed E-state index contributed by atoms with van der Waals surface area (Å²) in [5.74, 6) is 0. The van der Waals surface area contributed by atoms with Crippen molar-refractivity contribution in [3.63, 3.8) is 0 Å². The largest absolute Gasteiger partial charge is 0.350 e.